The summed E-state index contributed by atoms with van der Waals surface area (Å²) >= 11 is 3.43. The number of rotatable bonds is 3. The lowest BCUT2D eigenvalue weighted by atomic mass is 10.0. The van der Waals surface area contributed by atoms with E-state index in [-0.39, 0.29) is 30.3 Å². The quantitative estimate of drug-likeness (QED) is 0.770. The van der Waals surface area contributed by atoms with Gasteiger partial charge in [-0.25, -0.2) is 0 Å². The third-order valence-corrected chi connectivity index (χ3v) is 5.32. The van der Waals surface area contributed by atoms with E-state index >= 15 is 0 Å². The van der Waals surface area contributed by atoms with Crippen LogP contribution in [0, 0.1) is 5.92 Å². The van der Waals surface area contributed by atoms with Gasteiger partial charge < -0.3 is 15.1 Å². The summed E-state index contributed by atoms with van der Waals surface area (Å²) in [6, 6.07) is 7.91. The highest BCUT2D eigenvalue weighted by atomic mass is 79.9. The van der Waals surface area contributed by atoms with E-state index in [4.69, 9.17) is 0 Å². The minimum Gasteiger partial charge on any atom is -0.342 e. The van der Waals surface area contributed by atoms with Crippen LogP contribution >= 0.6 is 28.3 Å². The average Bonchev–Trinajstić information content (AvgIpc) is 2.96. The fourth-order valence-corrected chi connectivity index (χ4v) is 3.82. The van der Waals surface area contributed by atoms with Crippen molar-refractivity contribution in [1.82, 2.24) is 10.2 Å². The fourth-order valence-electron chi connectivity index (χ4n) is 3.43. The van der Waals surface area contributed by atoms with Gasteiger partial charge in [0.1, 0.15) is 5.92 Å². The van der Waals surface area contributed by atoms with Crippen LogP contribution in [0.4, 0.5) is 5.69 Å². The molecule has 0 saturated carbocycles. The lowest BCUT2D eigenvalue weighted by molar-refractivity contribution is -0.140. The molecule has 2 aliphatic heterocycles. The second kappa shape index (κ2) is 8.32. The van der Waals surface area contributed by atoms with E-state index in [0.717, 1.165) is 36.1 Å². The predicted molar refractivity (Wildman–Crippen MR) is 101 cm³/mol. The maximum absolute atomic E-state index is 12.7. The molecule has 5 nitrogen and oxygen atoms in total. The molecule has 2 amide bonds. The molecule has 0 aliphatic carbocycles. The molecule has 132 valence electrons. The fraction of sp³-hybridized carbons (Fsp3) is 0.529. The Balaban J connectivity index is 0.00000208. The Morgan fingerprint density at radius 1 is 1.29 bits per heavy atom. The van der Waals surface area contributed by atoms with Crippen molar-refractivity contribution < 1.29 is 9.59 Å². The monoisotopic (exact) mass is 415 g/mol. The number of nitrogens with one attached hydrogen (secondary N) is 1. The smallest absolute Gasteiger partial charge is 0.239 e. The van der Waals surface area contributed by atoms with Crippen molar-refractivity contribution >= 4 is 45.8 Å². The van der Waals surface area contributed by atoms with E-state index < -0.39 is 5.92 Å². The lowest BCUT2D eigenvalue weighted by Gasteiger charge is -2.33. The van der Waals surface area contributed by atoms with Crippen molar-refractivity contribution in [2.45, 2.75) is 25.3 Å². The zero-order valence-corrected chi connectivity index (χ0v) is 16.1. The number of nitrogens with zero attached hydrogens (tertiary/aromatic N) is 2. The van der Waals surface area contributed by atoms with Crippen LogP contribution in [0.2, 0.25) is 0 Å². The summed E-state index contributed by atoms with van der Waals surface area (Å²) in [6.45, 7) is 2.47. The Kier molecular flexibility index (Phi) is 6.66. The number of hydrogen-bond acceptors (Lipinski definition) is 3. The molecule has 0 radical (unpaired) electrons. The Morgan fingerprint density at radius 3 is 2.67 bits per heavy atom. The van der Waals surface area contributed by atoms with Crippen LogP contribution in [0.5, 0.6) is 0 Å². The van der Waals surface area contributed by atoms with Crippen LogP contribution in [0.1, 0.15) is 19.3 Å². The summed E-state index contributed by atoms with van der Waals surface area (Å²) in [5.74, 6) is -0.637. The summed E-state index contributed by atoms with van der Waals surface area (Å²) in [5.41, 5.74) is 0.851. The van der Waals surface area contributed by atoms with Gasteiger partial charge in [0.05, 0.1) is 0 Å². The second-order valence-electron chi connectivity index (χ2n) is 6.24. The van der Waals surface area contributed by atoms with E-state index in [1.807, 2.05) is 31.3 Å². The third kappa shape index (κ3) is 3.92. The van der Waals surface area contributed by atoms with Crippen molar-refractivity contribution in [2.24, 2.45) is 5.92 Å². The van der Waals surface area contributed by atoms with Gasteiger partial charge in [-0.2, -0.15) is 0 Å². The zero-order valence-electron chi connectivity index (χ0n) is 13.7. The minimum atomic E-state index is -0.533. The normalized spacial score (nSPS) is 21.5. The van der Waals surface area contributed by atoms with Gasteiger partial charge in [-0.3, -0.25) is 9.59 Å². The molecule has 0 aromatic heterocycles. The summed E-state index contributed by atoms with van der Waals surface area (Å²) in [5, 5.41) is 3.30. The van der Waals surface area contributed by atoms with Gasteiger partial charge >= 0.3 is 0 Å². The third-order valence-electron chi connectivity index (χ3n) is 4.83. The molecule has 1 aromatic carbocycles. The molecule has 1 N–H and O–H groups in total. The summed E-state index contributed by atoms with van der Waals surface area (Å²) in [4.78, 5) is 29.0. The zero-order chi connectivity index (χ0) is 16.4. The molecule has 1 unspecified atom stereocenters. The lowest BCUT2D eigenvalue weighted by Crippen LogP contribution is -2.47. The van der Waals surface area contributed by atoms with E-state index in [9.17, 15) is 9.59 Å². The van der Waals surface area contributed by atoms with Gasteiger partial charge in [0, 0.05) is 29.8 Å². The van der Waals surface area contributed by atoms with Gasteiger partial charge in [-0.15, -0.1) is 12.4 Å². The first-order valence-corrected chi connectivity index (χ1v) is 8.91. The van der Waals surface area contributed by atoms with Crippen molar-refractivity contribution in [2.75, 3.05) is 31.6 Å². The van der Waals surface area contributed by atoms with E-state index in [2.05, 4.69) is 21.2 Å². The summed E-state index contributed by atoms with van der Waals surface area (Å²) < 4.78 is 0.935. The van der Waals surface area contributed by atoms with Crippen molar-refractivity contribution in [1.29, 1.82) is 0 Å². The second-order valence-corrected chi connectivity index (χ2v) is 7.16. The molecule has 2 saturated heterocycles. The molecular weight excluding hydrogens is 394 g/mol. The van der Waals surface area contributed by atoms with Crippen molar-refractivity contribution in [3.05, 3.63) is 28.7 Å². The van der Waals surface area contributed by atoms with Crippen LogP contribution in [-0.2, 0) is 9.59 Å². The summed E-state index contributed by atoms with van der Waals surface area (Å²) in [6.07, 6.45) is 2.51. The van der Waals surface area contributed by atoms with E-state index in [1.54, 1.807) is 9.80 Å². The van der Waals surface area contributed by atoms with Gasteiger partial charge in [0.15, 0.2) is 0 Å². The summed E-state index contributed by atoms with van der Waals surface area (Å²) in [7, 11) is 1.84. The molecule has 1 aromatic rings. The van der Waals surface area contributed by atoms with Gasteiger partial charge in [0.2, 0.25) is 11.8 Å². The first-order valence-electron chi connectivity index (χ1n) is 8.12. The number of anilines is 1. The molecule has 1 atom stereocenters. The predicted octanol–water partition coefficient (Wildman–Crippen LogP) is 2.43. The van der Waals surface area contributed by atoms with Crippen LogP contribution in [0.15, 0.2) is 28.7 Å². The average molecular weight is 417 g/mol. The number of halogens is 2. The molecule has 24 heavy (non-hydrogen) atoms. The number of amides is 2. The Labute approximate surface area is 157 Å². The molecule has 2 heterocycles. The standard InChI is InChI=1S/C17H22BrN3O2.ClH/c1-20(13-5-8-19-9-6-13)16(22)15-7-10-21(17(15)23)14-4-2-3-12(18)11-14;/h2-4,11,13,15,19H,5-10H2,1H3;1H. The topological polar surface area (TPSA) is 52.7 Å². The van der Waals surface area contributed by atoms with Crippen LogP contribution in [-0.4, -0.2) is 49.4 Å². The van der Waals surface area contributed by atoms with E-state index in [1.165, 1.54) is 0 Å². The number of piperidine rings is 1. The Morgan fingerprint density at radius 2 is 2.00 bits per heavy atom. The van der Waals surface area contributed by atoms with Crippen molar-refractivity contribution in [3.63, 3.8) is 0 Å². The van der Waals surface area contributed by atoms with Crippen molar-refractivity contribution in [3.8, 4) is 0 Å². The highest BCUT2D eigenvalue weighted by Gasteiger charge is 2.40. The maximum atomic E-state index is 12.7. The molecule has 2 aliphatic rings. The largest absolute Gasteiger partial charge is 0.342 e. The number of carbonyl (C=O) groups excluding carboxylic acids is 2. The molecule has 0 bridgehead atoms. The molecular formula is C17H23BrClN3O2. The van der Waals surface area contributed by atoms with E-state index in [0.29, 0.717) is 13.0 Å². The Hall–Kier alpha value is -1.11. The molecule has 2 fully saturated rings. The van der Waals surface area contributed by atoms with Crippen LogP contribution in [0.25, 0.3) is 0 Å². The van der Waals surface area contributed by atoms with Gasteiger partial charge in [-0.05, 0) is 50.6 Å². The first-order chi connectivity index (χ1) is 11.1. The highest BCUT2D eigenvalue weighted by Crippen LogP contribution is 2.29. The first kappa shape index (κ1) is 19.2. The number of carbonyl (C=O) groups is 2. The highest BCUT2D eigenvalue weighted by molar-refractivity contribution is 9.10. The van der Waals surface area contributed by atoms with Crippen LogP contribution in [0.3, 0.4) is 0 Å². The van der Waals surface area contributed by atoms with Crippen LogP contribution < -0.4 is 10.2 Å². The Bertz CT molecular complexity index is 607. The maximum Gasteiger partial charge on any atom is 0.239 e. The number of hydrogen-bond donors (Lipinski definition) is 1. The molecule has 7 heteroatoms. The molecule has 3 rings (SSSR count). The minimum absolute atomic E-state index is 0. The van der Waals surface area contributed by atoms with Gasteiger partial charge in [0.25, 0.3) is 0 Å². The SMILES string of the molecule is CN(C(=O)C1CCN(c2cccc(Br)c2)C1=O)C1CCNCC1.Cl. The molecule has 0 spiro atoms. The number of benzene rings is 1. The van der Waals surface area contributed by atoms with Gasteiger partial charge in [-0.1, -0.05) is 22.0 Å².